The maximum atomic E-state index is 11.6. The van der Waals surface area contributed by atoms with Gasteiger partial charge < -0.3 is 5.11 Å². The number of hydrogen-bond acceptors (Lipinski definition) is 4. The van der Waals surface area contributed by atoms with E-state index in [1.165, 1.54) is 38.1 Å². The van der Waals surface area contributed by atoms with Gasteiger partial charge in [0.25, 0.3) is 5.69 Å². The van der Waals surface area contributed by atoms with Crippen LogP contribution in [0, 0.1) is 10.1 Å². The first kappa shape index (κ1) is 11.3. The Hall–Kier alpha value is -1.75. The fourth-order valence-electron chi connectivity index (χ4n) is 1.15. The van der Waals surface area contributed by atoms with Crippen LogP contribution in [0.3, 0.4) is 0 Å². The quantitative estimate of drug-likeness (QED) is 0.465. The summed E-state index contributed by atoms with van der Waals surface area (Å²) in [5, 5.41) is 20.1. The molecule has 0 radical (unpaired) electrons. The number of Topliss-reactive ketones (excluding diaryl/α,β-unsaturated/α-hetero) is 1. The smallest absolute Gasteiger partial charge is 0.280 e. The number of nitrogens with zero attached hydrogens (tertiary/aromatic N) is 1. The van der Waals surface area contributed by atoms with Gasteiger partial charge in [0.15, 0.2) is 0 Å². The predicted octanol–water partition coefficient (Wildman–Crippen LogP) is 1.55. The van der Waals surface area contributed by atoms with E-state index < -0.39 is 16.3 Å². The molecule has 0 amide bonds. The number of carbonyl (C=O) groups excluding carboxylic acids is 1. The van der Waals surface area contributed by atoms with Crippen molar-refractivity contribution in [3.63, 3.8) is 0 Å². The topological polar surface area (TPSA) is 80.4 Å². The summed E-state index contributed by atoms with van der Waals surface area (Å²) in [6.07, 6.45) is 0. The van der Waals surface area contributed by atoms with E-state index in [0.29, 0.717) is 0 Å². The summed E-state index contributed by atoms with van der Waals surface area (Å²) in [7, 11) is 0. The third-order valence-electron chi connectivity index (χ3n) is 1.90. The van der Waals surface area contributed by atoms with Gasteiger partial charge in [0.1, 0.15) is 5.60 Å². The third kappa shape index (κ3) is 2.38. The lowest BCUT2D eigenvalue weighted by Gasteiger charge is -2.15. The Balaban J connectivity index is 3.26. The molecule has 0 aliphatic rings. The van der Waals surface area contributed by atoms with Gasteiger partial charge in [-0.25, -0.2) is 0 Å². The molecule has 0 aliphatic carbocycles. The SMILES string of the molecule is CC(C)(O)C(=O)c1ccccc1[N+](=O)[O-]. The van der Waals surface area contributed by atoms with Crippen molar-refractivity contribution in [3.05, 3.63) is 39.9 Å². The maximum Gasteiger partial charge on any atom is 0.280 e. The predicted molar refractivity (Wildman–Crippen MR) is 53.7 cm³/mol. The van der Waals surface area contributed by atoms with E-state index in [2.05, 4.69) is 0 Å². The van der Waals surface area contributed by atoms with Crippen LogP contribution in [0.25, 0.3) is 0 Å². The van der Waals surface area contributed by atoms with E-state index in [1.54, 1.807) is 0 Å². The van der Waals surface area contributed by atoms with Gasteiger partial charge in [-0.15, -0.1) is 0 Å². The molecule has 0 saturated carbocycles. The minimum atomic E-state index is -1.61. The lowest BCUT2D eigenvalue weighted by Crippen LogP contribution is -2.31. The van der Waals surface area contributed by atoms with Crippen LogP contribution in [0.5, 0.6) is 0 Å². The van der Waals surface area contributed by atoms with Crippen LogP contribution >= 0.6 is 0 Å². The van der Waals surface area contributed by atoms with Gasteiger partial charge >= 0.3 is 0 Å². The third-order valence-corrected chi connectivity index (χ3v) is 1.90. The minimum Gasteiger partial charge on any atom is -0.382 e. The molecule has 15 heavy (non-hydrogen) atoms. The van der Waals surface area contributed by atoms with Crippen LogP contribution in [0.4, 0.5) is 5.69 Å². The molecule has 80 valence electrons. The summed E-state index contributed by atoms with van der Waals surface area (Å²) in [4.78, 5) is 21.6. The lowest BCUT2D eigenvalue weighted by atomic mass is 9.96. The first-order valence-corrected chi connectivity index (χ1v) is 4.34. The summed E-state index contributed by atoms with van der Waals surface area (Å²) < 4.78 is 0. The Bertz CT molecular complexity index is 406. The van der Waals surface area contributed by atoms with Crippen LogP contribution in [0.2, 0.25) is 0 Å². The number of benzene rings is 1. The molecule has 1 aromatic carbocycles. The molecule has 0 heterocycles. The van der Waals surface area contributed by atoms with Crippen LogP contribution in [-0.2, 0) is 0 Å². The second-order valence-electron chi connectivity index (χ2n) is 3.66. The largest absolute Gasteiger partial charge is 0.382 e. The second kappa shape index (κ2) is 3.78. The Morgan fingerprint density at radius 1 is 1.40 bits per heavy atom. The zero-order valence-electron chi connectivity index (χ0n) is 8.43. The zero-order chi connectivity index (χ0) is 11.6. The van der Waals surface area contributed by atoms with Gasteiger partial charge in [0, 0.05) is 6.07 Å². The van der Waals surface area contributed by atoms with E-state index in [-0.39, 0.29) is 11.3 Å². The van der Waals surface area contributed by atoms with E-state index in [4.69, 9.17) is 0 Å². The standard InChI is InChI=1S/C10H11NO4/c1-10(2,13)9(12)7-5-3-4-6-8(7)11(14)15/h3-6,13H,1-2H3. The number of carbonyl (C=O) groups is 1. The summed E-state index contributed by atoms with van der Waals surface area (Å²) in [6, 6.07) is 5.56. The van der Waals surface area contributed by atoms with Crippen molar-refractivity contribution >= 4 is 11.5 Å². The molecule has 0 unspecified atom stereocenters. The molecule has 1 rings (SSSR count). The molecule has 0 bridgehead atoms. The normalized spacial score (nSPS) is 11.1. The fourth-order valence-corrected chi connectivity index (χ4v) is 1.15. The number of ketones is 1. The molecule has 0 atom stereocenters. The number of hydrogen-bond donors (Lipinski definition) is 1. The van der Waals surface area contributed by atoms with Crippen LogP contribution < -0.4 is 0 Å². The van der Waals surface area contributed by atoms with Crippen molar-refractivity contribution in [1.82, 2.24) is 0 Å². The lowest BCUT2D eigenvalue weighted by molar-refractivity contribution is -0.385. The number of para-hydroxylation sites is 1. The summed E-state index contributed by atoms with van der Waals surface area (Å²) in [5.41, 5.74) is -1.97. The van der Waals surface area contributed by atoms with Gasteiger partial charge in [0.05, 0.1) is 10.5 Å². The Morgan fingerprint density at radius 2 is 1.93 bits per heavy atom. The molecular weight excluding hydrogens is 198 g/mol. The first-order valence-electron chi connectivity index (χ1n) is 4.34. The van der Waals surface area contributed by atoms with Gasteiger partial charge in [-0.05, 0) is 19.9 Å². The van der Waals surface area contributed by atoms with Crippen molar-refractivity contribution < 1.29 is 14.8 Å². The second-order valence-corrected chi connectivity index (χ2v) is 3.66. The summed E-state index contributed by atoms with van der Waals surface area (Å²) in [5.74, 6) is -0.658. The molecule has 0 aliphatic heterocycles. The van der Waals surface area contributed by atoms with Crippen LogP contribution in [-0.4, -0.2) is 21.4 Å². The van der Waals surface area contributed by atoms with Crippen molar-refractivity contribution in [2.24, 2.45) is 0 Å². The highest BCUT2D eigenvalue weighted by Gasteiger charge is 2.30. The monoisotopic (exact) mass is 209 g/mol. The summed E-state index contributed by atoms with van der Waals surface area (Å²) in [6.45, 7) is 2.60. The highest BCUT2D eigenvalue weighted by Crippen LogP contribution is 2.22. The van der Waals surface area contributed by atoms with E-state index >= 15 is 0 Å². The van der Waals surface area contributed by atoms with Gasteiger partial charge in [-0.2, -0.15) is 0 Å². The van der Waals surface area contributed by atoms with Gasteiger partial charge in [-0.1, -0.05) is 12.1 Å². The Morgan fingerprint density at radius 3 is 2.40 bits per heavy atom. The van der Waals surface area contributed by atoms with E-state index in [0.717, 1.165) is 0 Å². The molecule has 1 aromatic rings. The average molecular weight is 209 g/mol. The number of aliphatic hydroxyl groups is 1. The molecule has 1 N–H and O–H groups in total. The van der Waals surface area contributed by atoms with Crippen molar-refractivity contribution in [2.75, 3.05) is 0 Å². The Kier molecular flexibility index (Phi) is 2.85. The van der Waals surface area contributed by atoms with Crippen molar-refractivity contribution in [2.45, 2.75) is 19.4 Å². The molecule has 0 aromatic heterocycles. The highest BCUT2D eigenvalue weighted by molar-refractivity contribution is 6.04. The molecule has 5 heteroatoms. The van der Waals surface area contributed by atoms with Crippen LogP contribution in [0.1, 0.15) is 24.2 Å². The summed E-state index contributed by atoms with van der Waals surface area (Å²) >= 11 is 0. The maximum absolute atomic E-state index is 11.6. The average Bonchev–Trinajstić information content (AvgIpc) is 2.15. The molecule has 5 nitrogen and oxygen atoms in total. The van der Waals surface area contributed by atoms with Gasteiger partial charge in [-0.3, -0.25) is 14.9 Å². The number of nitro benzene ring substituents is 1. The van der Waals surface area contributed by atoms with E-state index in [9.17, 15) is 20.0 Å². The van der Waals surface area contributed by atoms with Crippen LogP contribution in [0.15, 0.2) is 24.3 Å². The van der Waals surface area contributed by atoms with Crippen molar-refractivity contribution in [3.8, 4) is 0 Å². The molecular formula is C10H11NO4. The minimum absolute atomic E-state index is 0.0741. The molecule has 0 fully saturated rings. The van der Waals surface area contributed by atoms with Gasteiger partial charge in [0.2, 0.25) is 5.78 Å². The molecule has 0 spiro atoms. The Labute approximate surface area is 86.5 Å². The zero-order valence-corrected chi connectivity index (χ0v) is 8.43. The molecule has 0 saturated heterocycles. The first-order chi connectivity index (χ1) is 6.84. The highest BCUT2D eigenvalue weighted by atomic mass is 16.6. The number of rotatable bonds is 3. The number of nitro groups is 1. The fraction of sp³-hybridized carbons (Fsp3) is 0.300. The van der Waals surface area contributed by atoms with E-state index in [1.807, 2.05) is 0 Å². The van der Waals surface area contributed by atoms with Crippen molar-refractivity contribution in [1.29, 1.82) is 0 Å².